The number of hydrogen-bond acceptors (Lipinski definition) is 7. The number of alkyl halides is 2. The number of ether oxygens (including phenoxy) is 1. The number of fused-ring (bicyclic) bond motifs is 1. The number of anilines is 2. The number of nitrogens with one attached hydrogen (secondary N) is 2. The number of nitrogens with zero attached hydrogens (tertiary/aromatic N) is 6. The van der Waals surface area contributed by atoms with Gasteiger partial charge in [-0.1, -0.05) is 35.9 Å². The molecular weight excluding hydrogens is 585 g/mol. The van der Waals surface area contributed by atoms with E-state index in [-0.39, 0.29) is 17.6 Å². The highest BCUT2D eigenvalue weighted by Gasteiger charge is 2.27. The first-order valence-electron chi connectivity index (χ1n) is 13.3. The second kappa shape index (κ2) is 12.1. The highest BCUT2D eigenvalue weighted by atomic mass is 35.5. The first-order valence-corrected chi connectivity index (χ1v) is 13.7. The first-order chi connectivity index (χ1) is 20.9. The number of halogens is 4. The molecular formula is C29H24ClF3N8O2. The van der Waals surface area contributed by atoms with Gasteiger partial charge in [0.05, 0.1) is 22.6 Å². The monoisotopic (exact) mass is 608 g/mol. The highest BCUT2D eigenvalue weighted by Crippen LogP contribution is 2.35. The molecule has 1 aliphatic rings. The van der Waals surface area contributed by atoms with E-state index >= 15 is 0 Å². The summed E-state index contributed by atoms with van der Waals surface area (Å²) in [6.07, 6.45) is 4.05. The standard InChI is InChI=1S/C29H24ClF3N8O2/c30-20-6-2-1-5-19(20)25-39-24-26(35-16-36-27(24)41(25)18-9-10-23(34-15-18)43-28(32)33)40-13-11-17(12-14-40)37-29(42)38-22-8-4-3-7-21(22)31/h1-10,15-17,28H,11-14H2,(H2,37,38,42). The smallest absolute Gasteiger partial charge is 0.388 e. The molecule has 1 aliphatic heterocycles. The van der Waals surface area contributed by atoms with Crippen LogP contribution in [0.2, 0.25) is 5.02 Å². The van der Waals surface area contributed by atoms with E-state index in [2.05, 4.69) is 35.2 Å². The lowest BCUT2D eigenvalue weighted by Crippen LogP contribution is -2.46. The van der Waals surface area contributed by atoms with Gasteiger partial charge in [-0.25, -0.2) is 29.1 Å². The number of pyridine rings is 1. The number of para-hydroxylation sites is 1. The van der Waals surface area contributed by atoms with Crippen LogP contribution >= 0.6 is 11.6 Å². The zero-order chi connectivity index (χ0) is 29.9. The Hall–Kier alpha value is -4.91. The zero-order valence-electron chi connectivity index (χ0n) is 22.4. The quantitative estimate of drug-likeness (QED) is 0.231. The van der Waals surface area contributed by atoms with E-state index in [1.165, 1.54) is 30.7 Å². The number of rotatable bonds is 7. The Labute approximate surface area is 248 Å². The number of piperidine rings is 1. The largest absolute Gasteiger partial charge is 0.417 e. The normalized spacial score (nSPS) is 13.8. The molecule has 4 heterocycles. The molecule has 0 bridgehead atoms. The Bertz CT molecular complexity index is 1760. The summed E-state index contributed by atoms with van der Waals surface area (Å²) in [6.45, 7) is -1.87. The van der Waals surface area contributed by atoms with Crippen molar-refractivity contribution >= 4 is 40.3 Å². The molecule has 43 heavy (non-hydrogen) atoms. The summed E-state index contributed by atoms with van der Waals surface area (Å²) in [6, 6.07) is 15.5. The lowest BCUT2D eigenvalue weighted by molar-refractivity contribution is -0.0528. The molecule has 0 atom stereocenters. The minimum Gasteiger partial charge on any atom is -0.417 e. The summed E-state index contributed by atoms with van der Waals surface area (Å²) in [4.78, 5) is 32.5. The Morgan fingerprint density at radius 1 is 1.00 bits per heavy atom. The molecule has 2 aromatic carbocycles. The fourth-order valence-corrected chi connectivity index (χ4v) is 5.21. The van der Waals surface area contributed by atoms with Crippen molar-refractivity contribution < 1.29 is 22.7 Å². The third kappa shape index (κ3) is 6.02. The summed E-state index contributed by atoms with van der Waals surface area (Å²) >= 11 is 6.55. The van der Waals surface area contributed by atoms with Gasteiger partial charge in [0.15, 0.2) is 17.0 Å². The lowest BCUT2D eigenvalue weighted by Gasteiger charge is -2.33. The van der Waals surface area contributed by atoms with Gasteiger partial charge < -0.3 is 20.3 Å². The van der Waals surface area contributed by atoms with Gasteiger partial charge in [-0.15, -0.1) is 0 Å². The number of aromatic nitrogens is 5. The van der Waals surface area contributed by atoms with E-state index < -0.39 is 18.5 Å². The third-order valence-electron chi connectivity index (χ3n) is 6.98. The molecule has 5 aromatic rings. The van der Waals surface area contributed by atoms with Crippen LogP contribution in [0.15, 0.2) is 73.2 Å². The molecule has 220 valence electrons. The molecule has 2 N–H and O–H groups in total. The summed E-state index contributed by atoms with van der Waals surface area (Å²) in [5.74, 6) is 0.325. The van der Waals surface area contributed by atoms with Crippen LogP contribution in [0.3, 0.4) is 0 Å². The second-order valence-corrected chi connectivity index (χ2v) is 10.1. The highest BCUT2D eigenvalue weighted by molar-refractivity contribution is 6.33. The molecule has 14 heteroatoms. The Morgan fingerprint density at radius 3 is 2.49 bits per heavy atom. The van der Waals surface area contributed by atoms with Gasteiger partial charge in [0.2, 0.25) is 5.88 Å². The number of carbonyl (C=O) groups is 1. The van der Waals surface area contributed by atoms with Crippen molar-refractivity contribution in [3.63, 3.8) is 0 Å². The Morgan fingerprint density at radius 2 is 1.77 bits per heavy atom. The van der Waals surface area contributed by atoms with Gasteiger partial charge >= 0.3 is 12.6 Å². The van der Waals surface area contributed by atoms with Gasteiger partial charge in [0, 0.05) is 30.8 Å². The van der Waals surface area contributed by atoms with Crippen molar-refractivity contribution in [2.45, 2.75) is 25.5 Å². The number of carbonyl (C=O) groups excluding carboxylic acids is 1. The van der Waals surface area contributed by atoms with Crippen LogP contribution in [-0.2, 0) is 0 Å². The zero-order valence-corrected chi connectivity index (χ0v) is 23.2. The minimum atomic E-state index is -3.00. The minimum absolute atomic E-state index is 0.108. The Balaban J connectivity index is 1.27. The van der Waals surface area contributed by atoms with E-state index in [0.717, 1.165) is 0 Å². The van der Waals surface area contributed by atoms with E-state index in [0.29, 0.717) is 65.0 Å². The number of urea groups is 1. The average molecular weight is 609 g/mol. The van der Waals surface area contributed by atoms with Gasteiger partial charge in [0.25, 0.3) is 0 Å². The number of amides is 2. The molecule has 0 unspecified atom stereocenters. The van der Waals surface area contributed by atoms with E-state index in [1.54, 1.807) is 34.9 Å². The van der Waals surface area contributed by atoms with Crippen molar-refractivity contribution in [2.75, 3.05) is 23.3 Å². The first kappa shape index (κ1) is 28.2. The van der Waals surface area contributed by atoms with Gasteiger partial charge in [-0.05, 0) is 43.2 Å². The molecule has 1 fully saturated rings. The topological polar surface area (TPSA) is 110 Å². The van der Waals surface area contributed by atoms with Gasteiger partial charge in [0.1, 0.15) is 18.0 Å². The van der Waals surface area contributed by atoms with Crippen LogP contribution in [0.1, 0.15) is 12.8 Å². The summed E-state index contributed by atoms with van der Waals surface area (Å²) in [5, 5.41) is 5.91. The maximum Gasteiger partial charge on any atom is 0.388 e. The SMILES string of the molecule is O=C(Nc1ccccc1F)NC1CCN(c2ncnc3c2nc(-c2ccccc2Cl)n3-c2ccc(OC(F)F)nc2)CC1. The number of benzene rings is 2. The summed E-state index contributed by atoms with van der Waals surface area (Å²) in [5.41, 5.74) is 2.22. The molecule has 0 spiro atoms. The van der Waals surface area contributed by atoms with Crippen LogP contribution in [0.4, 0.5) is 29.5 Å². The maximum absolute atomic E-state index is 13.9. The molecule has 6 rings (SSSR count). The average Bonchev–Trinajstić information content (AvgIpc) is 3.39. The maximum atomic E-state index is 13.9. The van der Waals surface area contributed by atoms with Crippen molar-refractivity contribution in [3.05, 3.63) is 84.0 Å². The molecule has 10 nitrogen and oxygen atoms in total. The summed E-state index contributed by atoms with van der Waals surface area (Å²) in [7, 11) is 0. The Kier molecular flexibility index (Phi) is 7.97. The van der Waals surface area contributed by atoms with Gasteiger partial charge in [-0.3, -0.25) is 4.57 Å². The van der Waals surface area contributed by atoms with Crippen molar-refractivity contribution in [2.24, 2.45) is 0 Å². The number of imidazole rings is 1. The molecule has 0 aliphatic carbocycles. The van der Waals surface area contributed by atoms with Crippen LogP contribution in [0, 0.1) is 5.82 Å². The van der Waals surface area contributed by atoms with Crippen molar-refractivity contribution in [1.29, 1.82) is 0 Å². The van der Waals surface area contributed by atoms with Crippen LogP contribution < -0.4 is 20.3 Å². The molecule has 1 saturated heterocycles. The second-order valence-electron chi connectivity index (χ2n) is 9.69. The van der Waals surface area contributed by atoms with Crippen LogP contribution in [-0.4, -0.2) is 56.3 Å². The molecule has 0 radical (unpaired) electrons. The van der Waals surface area contributed by atoms with Crippen LogP contribution in [0.25, 0.3) is 28.2 Å². The molecule has 0 saturated carbocycles. The van der Waals surface area contributed by atoms with Crippen molar-refractivity contribution in [3.8, 4) is 23.0 Å². The number of hydrogen-bond donors (Lipinski definition) is 2. The summed E-state index contributed by atoms with van der Waals surface area (Å²) < 4.78 is 45.4. The predicted molar refractivity (Wildman–Crippen MR) is 155 cm³/mol. The van der Waals surface area contributed by atoms with Crippen molar-refractivity contribution in [1.82, 2.24) is 29.8 Å². The fourth-order valence-electron chi connectivity index (χ4n) is 4.99. The fraction of sp³-hybridized carbons (Fsp3) is 0.207. The van der Waals surface area contributed by atoms with Gasteiger partial charge in [-0.2, -0.15) is 8.78 Å². The van der Waals surface area contributed by atoms with Crippen LogP contribution in [0.5, 0.6) is 5.88 Å². The van der Waals surface area contributed by atoms with E-state index in [4.69, 9.17) is 16.6 Å². The molecule has 3 aromatic heterocycles. The van der Waals surface area contributed by atoms with E-state index in [9.17, 15) is 18.0 Å². The third-order valence-corrected chi connectivity index (χ3v) is 7.31. The van der Waals surface area contributed by atoms with E-state index in [1.807, 2.05) is 12.1 Å². The molecule has 2 amide bonds. The predicted octanol–water partition coefficient (Wildman–Crippen LogP) is 6.06. The lowest BCUT2D eigenvalue weighted by atomic mass is 10.1.